The zero-order valence-electron chi connectivity index (χ0n) is 12.0. The maximum Gasteiger partial charge on any atom is -0.0623 e. The molecule has 0 radical (unpaired) electrons. The quantitative estimate of drug-likeness (QED) is 0.502. The van der Waals surface area contributed by atoms with E-state index >= 15 is 0 Å². The number of hydrogen-bond donors (Lipinski definition) is 3. The maximum absolute atomic E-state index is 8.71. The summed E-state index contributed by atoms with van der Waals surface area (Å²) >= 11 is 0. The summed E-state index contributed by atoms with van der Waals surface area (Å²) in [7, 11) is -3.73. The average Bonchev–Trinajstić information content (AvgIpc) is 2.39. The molecule has 0 aliphatic heterocycles. The van der Waals surface area contributed by atoms with Gasteiger partial charge in [-0.15, -0.1) is 0 Å². The molecule has 0 spiro atoms. The van der Waals surface area contributed by atoms with Crippen LogP contribution in [0.1, 0.15) is 51.9 Å². The minimum atomic E-state index is -3.73. The number of unbranched alkanes of at least 4 members (excludes halogenated alkanes) is 6. The molecule has 3 nitrogen and oxygen atoms in total. The monoisotopic (exact) mass is 288 g/mol. The van der Waals surface area contributed by atoms with Gasteiger partial charge in [-0.25, -0.2) is 0 Å². The molecule has 0 aliphatic rings. The summed E-state index contributed by atoms with van der Waals surface area (Å²) in [6.07, 6.45) is 8.12. The van der Waals surface area contributed by atoms with Gasteiger partial charge in [0.15, 0.2) is 0 Å². The van der Waals surface area contributed by atoms with E-state index in [1.165, 1.54) is 25.7 Å². The Bertz CT molecular complexity index is 246. The fraction of sp³-hybridized carbons (Fsp3) is 0.600. The van der Waals surface area contributed by atoms with Crippen LogP contribution in [0.4, 0.5) is 0 Å². The van der Waals surface area contributed by atoms with E-state index in [0.29, 0.717) is 0 Å². The first-order chi connectivity index (χ1) is 9.06. The molecule has 0 amide bonds. The molecule has 0 saturated carbocycles. The minimum absolute atomic E-state index is 0.195. The van der Waals surface area contributed by atoms with Crippen LogP contribution in [-0.2, 0) is 0 Å². The predicted octanol–water partition coefficient (Wildman–Crippen LogP) is 3.90. The Morgan fingerprint density at radius 2 is 1.00 bits per heavy atom. The van der Waals surface area contributed by atoms with Gasteiger partial charge in [-0.05, 0) is 0 Å². The Hall–Kier alpha value is -0.470. The van der Waals surface area contributed by atoms with Crippen molar-refractivity contribution in [2.45, 2.75) is 51.9 Å². The molecule has 1 rings (SSSR count). The van der Waals surface area contributed by atoms with Crippen molar-refractivity contribution in [2.24, 2.45) is 0 Å². The van der Waals surface area contributed by atoms with Crippen molar-refractivity contribution in [2.75, 3.05) is 6.16 Å². The molecule has 0 fully saturated rings. The van der Waals surface area contributed by atoms with Crippen LogP contribution in [0.2, 0.25) is 0 Å². The SMILES string of the molecule is CCCCCCCCC[PH](O)(O)O.c1ccccc1. The molecule has 1 aromatic carbocycles. The fourth-order valence-corrected chi connectivity index (χ4v) is 2.43. The summed E-state index contributed by atoms with van der Waals surface area (Å²) in [5.74, 6) is 0. The van der Waals surface area contributed by atoms with E-state index < -0.39 is 7.94 Å². The van der Waals surface area contributed by atoms with Crippen molar-refractivity contribution in [3.8, 4) is 0 Å². The fourth-order valence-electron chi connectivity index (χ4n) is 1.70. The van der Waals surface area contributed by atoms with Gasteiger partial charge in [0, 0.05) is 0 Å². The van der Waals surface area contributed by atoms with E-state index in [0.717, 1.165) is 19.3 Å². The Kier molecular flexibility index (Phi) is 12.2. The average molecular weight is 288 g/mol. The third-order valence-corrected chi connectivity index (χ3v) is 3.81. The molecule has 19 heavy (non-hydrogen) atoms. The van der Waals surface area contributed by atoms with Crippen LogP contribution >= 0.6 is 7.94 Å². The second-order valence-corrected chi connectivity index (χ2v) is 6.85. The van der Waals surface area contributed by atoms with Gasteiger partial charge in [-0.2, -0.15) is 0 Å². The van der Waals surface area contributed by atoms with Crippen molar-refractivity contribution >= 4 is 7.94 Å². The van der Waals surface area contributed by atoms with E-state index in [9.17, 15) is 0 Å². The van der Waals surface area contributed by atoms with Crippen molar-refractivity contribution in [1.82, 2.24) is 0 Å². The van der Waals surface area contributed by atoms with Gasteiger partial charge in [0.25, 0.3) is 0 Å². The standard InChI is InChI=1S/C9H23O3P.C6H6/c1-2-3-4-5-6-7-8-9-13(10,11)12;1-2-4-6-5-3-1/h10-13H,2-9H2,1H3;1-6H. The van der Waals surface area contributed by atoms with Crippen LogP contribution < -0.4 is 0 Å². The summed E-state index contributed by atoms with van der Waals surface area (Å²) in [6.45, 7) is 2.18. The van der Waals surface area contributed by atoms with Gasteiger partial charge in [-0.3, -0.25) is 0 Å². The summed E-state index contributed by atoms with van der Waals surface area (Å²) < 4.78 is 0. The van der Waals surface area contributed by atoms with Gasteiger partial charge in [0.2, 0.25) is 0 Å². The van der Waals surface area contributed by atoms with Crippen molar-refractivity contribution in [1.29, 1.82) is 0 Å². The molecule has 0 aliphatic carbocycles. The third kappa shape index (κ3) is 17.5. The van der Waals surface area contributed by atoms with Crippen LogP contribution in [0.5, 0.6) is 0 Å². The molecular weight excluding hydrogens is 259 g/mol. The summed E-state index contributed by atoms with van der Waals surface area (Å²) in [5, 5.41) is 0. The largest absolute Gasteiger partial charge is 0.0623 e. The van der Waals surface area contributed by atoms with Crippen LogP contribution in [0.15, 0.2) is 36.4 Å². The summed E-state index contributed by atoms with van der Waals surface area (Å²) in [6, 6.07) is 12.0. The first kappa shape index (κ1) is 18.5. The van der Waals surface area contributed by atoms with Crippen LogP contribution in [-0.4, -0.2) is 20.8 Å². The Balaban J connectivity index is 0.000000443. The molecule has 112 valence electrons. The molecule has 0 heterocycles. The molecule has 0 unspecified atom stereocenters. The van der Waals surface area contributed by atoms with Crippen LogP contribution in [0.3, 0.4) is 0 Å². The topological polar surface area (TPSA) is 60.7 Å². The van der Waals surface area contributed by atoms with Gasteiger partial charge < -0.3 is 0 Å². The second-order valence-electron chi connectivity index (χ2n) is 4.80. The maximum atomic E-state index is 8.71. The third-order valence-electron chi connectivity index (χ3n) is 2.78. The van der Waals surface area contributed by atoms with E-state index in [4.69, 9.17) is 14.7 Å². The zero-order valence-corrected chi connectivity index (χ0v) is 13.0. The van der Waals surface area contributed by atoms with Gasteiger partial charge >= 0.3 is 80.7 Å². The first-order valence-corrected chi connectivity index (χ1v) is 9.28. The summed E-state index contributed by atoms with van der Waals surface area (Å²) in [4.78, 5) is 26.1. The molecule has 1 aromatic rings. The molecule has 0 bridgehead atoms. The molecular formula is C15H29O3P. The first-order valence-electron chi connectivity index (χ1n) is 7.23. The van der Waals surface area contributed by atoms with Crippen molar-refractivity contribution in [3.05, 3.63) is 36.4 Å². The van der Waals surface area contributed by atoms with Gasteiger partial charge in [0.1, 0.15) is 0 Å². The zero-order chi connectivity index (χ0) is 14.4. The molecule has 0 atom stereocenters. The smallest absolute Gasteiger partial charge is 0.0623 e. The van der Waals surface area contributed by atoms with Crippen LogP contribution in [0, 0.1) is 0 Å². The van der Waals surface area contributed by atoms with Crippen molar-refractivity contribution < 1.29 is 14.7 Å². The van der Waals surface area contributed by atoms with Crippen molar-refractivity contribution in [3.63, 3.8) is 0 Å². The molecule has 3 N–H and O–H groups in total. The van der Waals surface area contributed by atoms with Gasteiger partial charge in [-0.1, -0.05) is 36.4 Å². The number of hydrogen-bond acceptors (Lipinski definition) is 3. The van der Waals surface area contributed by atoms with E-state index in [1.807, 2.05) is 36.4 Å². The van der Waals surface area contributed by atoms with Gasteiger partial charge in [0.05, 0.1) is 0 Å². The normalized spacial score (nSPS) is 11.6. The Morgan fingerprint density at radius 1 is 0.632 bits per heavy atom. The van der Waals surface area contributed by atoms with Crippen LogP contribution in [0.25, 0.3) is 0 Å². The van der Waals surface area contributed by atoms with E-state index in [1.54, 1.807) is 0 Å². The molecule has 0 saturated heterocycles. The second kappa shape index (κ2) is 12.6. The van der Waals surface area contributed by atoms with E-state index in [2.05, 4.69) is 6.92 Å². The van der Waals surface area contributed by atoms with E-state index in [-0.39, 0.29) is 6.16 Å². The Labute approximate surface area is 117 Å². The number of benzene rings is 1. The number of rotatable bonds is 8. The minimum Gasteiger partial charge on any atom is -0.0623 e. The predicted molar refractivity (Wildman–Crippen MR) is 84.3 cm³/mol. The Morgan fingerprint density at radius 3 is 1.37 bits per heavy atom. The molecule has 4 heteroatoms. The summed E-state index contributed by atoms with van der Waals surface area (Å²) in [5.41, 5.74) is 0. The molecule has 0 aromatic heterocycles.